The van der Waals surface area contributed by atoms with Crippen LogP contribution >= 0.6 is 0 Å². The summed E-state index contributed by atoms with van der Waals surface area (Å²) < 4.78 is 0. The predicted octanol–water partition coefficient (Wildman–Crippen LogP) is 1.74. The highest BCUT2D eigenvalue weighted by atomic mass is 16.4. The highest BCUT2D eigenvalue weighted by Gasteiger charge is 2.38. The quantitative estimate of drug-likeness (QED) is 0.713. The molecule has 0 aliphatic heterocycles. The van der Waals surface area contributed by atoms with E-state index in [9.17, 15) is 14.7 Å². The summed E-state index contributed by atoms with van der Waals surface area (Å²) in [5.41, 5.74) is 7.24. The van der Waals surface area contributed by atoms with Crippen LogP contribution in [0, 0.1) is 0 Å². The van der Waals surface area contributed by atoms with Crippen molar-refractivity contribution in [1.29, 1.82) is 0 Å². The third-order valence-corrected chi connectivity index (χ3v) is 4.20. The van der Waals surface area contributed by atoms with E-state index in [0.29, 0.717) is 11.6 Å². The summed E-state index contributed by atoms with van der Waals surface area (Å²) in [6, 6.07) is 8.87. The van der Waals surface area contributed by atoms with Crippen molar-refractivity contribution in [2.75, 3.05) is 0 Å². The molecule has 0 saturated heterocycles. The number of carbonyl (C=O) groups is 2. The fourth-order valence-electron chi connectivity index (χ4n) is 2.75. The highest BCUT2D eigenvalue weighted by molar-refractivity contribution is 6.21. The number of carboxylic acid groups (broad SMARTS) is 1. The molecule has 6 heteroatoms. The van der Waals surface area contributed by atoms with E-state index in [1.54, 1.807) is 0 Å². The van der Waals surface area contributed by atoms with Gasteiger partial charge in [-0.2, -0.15) is 0 Å². The number of nitrogens with zero attached hydrogens (tertiary/aromatic N) is 1. The minimum Gasteiger partial charge on any atom is -0.506 e. The molecule has 3 atom stereocenters. The summed E-state index contributed by atoms with van der Waals surface area (Å²) in [7, 11) is 0. The first-order valence-electron chi connectivity index (χ1n) is 7.72. The molecule has 1 fully saturated rings. The molecule has 3 rings (SSSR count). The first kappa shape index (κ1) is 16.1. The average Bonchev–Trinajstić information content (AvgIpc) is 3.32. The number of aliphatic imine (C=N–C) groups is 1. The van der Waals surface area contributed by atoms with Gasteiger partial charge in [0.25, 0.3) is 0 Å². The second-order valence-corrected chi connectivity index (χ2v) is 6.05. The Labute approximate surface area is 139 Å². The van der Waals surface area contributed by atoms with E-state index >= 15 is 0 Å². The van der Waals surface area contributed by atoms with Crippen molar-refractivity contribution in [3.63, 3.8) is 0 Å². The Morgan fingerprint density at radius 3 is 2.67 bits per heavy atom. The minimum atomic E-state index is -1.17. The number of allylic oxidation sites excluding steroid dienone is 2. The number of nitrogens with two attached hydrogens (primary N) is 1. The molecule has 0 bridgehead atoms. The molecule has 0 radical (unpaired) electrons. The summed E-state index contributed by atoms with van der Waals surface area (Å²) >= 11 is 0. The summed E-state index contributed by atoms with van der Waals surface area (Å²) in [6.07, 6.45) is 3.31. The molecule has 0 heterocycles. The topological polar surface area (TPSA) is 113 Å². The van der Waals surface area contributed by atoms with Crippen molar-refractivity contribution in [3.05, 3.63) is 59.4 Å². The van der Waals surface area contributed by atoms with Gasteiger partial charge < -0.3 is 15.9 Å². The van der Waals surface area contributed by atoms with Crippen LogP contribution in [0.5, 0.6) is 0 Å². The molecule has 3 unspecified atom stereocenters. The first-order valence-corrected chi connectivity index (χ1v) is 7.72. The van der Waals surface area contributed by atoms with Gasteiger partial charge in [0.15, 0.2) is 5.78 Å². The summed E-state index contributed by atoms with van der Waals surface area (Å²) in [5, 5.41) is 18.8. The molecular weight excluding hydrogens is 308 g/mol. The Bertz CT molecular complexity index is 764. The molecule has 6 nitrogen and oxygen atoms in total. The van der Waals surface area contributed by atoms with Crippen LogP contribution in [-0.4, -0.2) is 39.8 Å². The number of carboxylic acids is 1. The van der Waals surface area contributed by atoms with Crippen LogP contribution in [0.1, 0.15) is 24.3 Å². The molecule has 2 aliphatic carbocycles. The highest BCUT2D eigenvalue weighted by Crippen LogP contribution is 2.43. The van der Waals surface area contributed by atoms with Crippen LogP contribution in [0.15, 0.2) is 58.8 Å². The standard InChI is InChI=1S/C18H18N2O4/c19-13(18(23)24)6-11-7-15(17(22)9-16(11)21)20-14-8-12(14)10-4-2-1-3-5-10/h1-5,7,9,12-14,22H,6,8,19H2,(H,23,24). The Morgan fingerprint density at radius 2 is 2.00 bits per heavy atom. The van der Waals surface area contributed by atoms with Crippen molar-refractivity contribution >= 4 is 17.5 Å². The number of aliphatic carboxylic acids is 1. The molecule has 24 heavy (non-hydrogen) atoms. The van der Waals surface area contributed by atoms with Gasteiger partial charge in [0.1, 0.15) is 17.5 Å². The Balaban J connectivity index is 1.77. The van der Waals surface area contributed by atoms with Crippen LogP contribution in [0.25, 0.3) is 0 Å². The summed E-state index contributed by atoms with van der Waals surface area (Å²) in [6.45, 7) is 0. The Hall–Kier alpha value is -2.73. The third-order valence-electron chi connectivity index (χ3n) is 4.20. The second-order valence-electron chi connectivity index (χ2n) is 6.05. The van der Waals surface area contributed by atoms with Crippen LogP contribution in [0.4, 0.5) is 0 Å². The number of hydrogen-bond acceptors (Lipinski definition) is 5. The monoisotopic (exact) mass is 326 g/mol. The van der Waals surface area contributed by atoms with Crippen LogP contribution in [-0.2, 0) is 9.59 Å². The minimum absolute atomic E-state index is 0.0526. The zero-order chi connectivity index (χ0) is 17.3. The molecule has 1 saturated carbocycles. The zero-order valence-electron chi connectivity index (χ0n) is 12.9. The van der Waals surface area contributed by atoms with Gasteiger partial charge in [-0.25, -0.2) is 0 Å². The Kier molecular flexibility index (Phi) is 4.31. The van der Waals surface area contributed by atoms with Gasteiger partial charge in [0, 0.05) is 24.0 Å². The number of carbonyl (C=O) groups excluding carboxylic acids is 1. The van der Waals surface area contributed by atoms with E-state index < -0.39 is 17.8 Å². The number of benzene rings is 1. The normalized spacial score (nSPS) is 25.9. The Morgan fingerprint density at radius 1 is 1.29 bits per heavy atom. The lowest BCUT2D eigenvalue weighted by Crippen LogP contribution is -2.32. The molecular formula is C18H18N2O4. The first-order chi connectivity index (χ1) is 11.5. The van der Waals surface area contributed by atoms with Crippen molar-refractivity contribution < 1.29 is 19.8 Å². The molecule has 1 aromatic carbocycles. The molecule has 2 aliphatic rings. The maximum Gasteiger partial charge on any atom is 0.320 e. The average molecular weight is 326 g/mol. The predicted molar refractivity (Wildman–Crippen MR) is 89.1 cm³/mol. The van der Waals surface area contributed by atoms with E-state index in [0.717, 1.165) is 12.5 Å². The fourth-order valence-corrected chi connectivity index (χ4v) is 2.75. The van der Waals surface area contributed by atoms with Crippen molar-refractivity contribution in [2.24, 2.45) is 10.7 Å². The van der Waals surface area contributed by atoms with Gasteiger partial charge in [-0.15, -0.1) is 0 Å². The second kappa shape index (κ2) is 6.41. The van der Waals surface area contributed by atoms with Crippen LogP contribution in [0.2, 0.25) is 0 Å². The number of ketones is 1. The lowest BCUT2D eigenvalue weighted by atomic mass is 9.96. The smallest absolute Gasteiger partial charge is 0.320 e. The summed E-state index contributed by atoms with van der Waals surface area (Å²) in [4.78, 5) is 27.2. The molecule has 0 spiro atoms. The number of hydrogen-bond donors (Lipinski definition) is 3. The van der Waals surface area contributed by atoms with Crippen molar-refractivity contribution in [1.82, 2.24) is 0 Å². The van der Waals surface area contributed by atoms with Gasteiger partial charge in [-0.3, -0.25) is 14.6 Å². The van der Waals surface area contributed by atoms with E-state index in [1.165, 1.54) is 11.6 Å². The van der Waals surface area contributed by atoms with Crippen LogP contribution in [0.3, 0.4) is 0 Å². The third kappa shape index (κ3) is 3.44. The van der Waals surface area contributed by atoms with E-state index in [4.69, 9.17) is 10.8 Å². The van der Waals surface area contributed by atoms with Gasteiger partial charge in [-0.05, 0) is 18.1 Å². The van der Waals surface area contributed by atoms with Gasteiger partial charge in [0.2, 0.25) is 0 Å². The van der Waals surface area contributed by atoms with Crippen molar-refractivity contribution in [3.8, 4) is 0 Å². The number of rotatable bonds is 5. The molecule has 4 N–H and O–H groups in total. The van der Waals surface area contributed by atoms with E-state index in [2.05, 4.69) is 4.99 Å². The fraction of sp³-hybridized carbons (Fsp3) is 0.278. The molecule has 0 aromatic heterocycles. The molecule has 0 amide bonds. The lowest BCUT2D eigenvalue weighted by molar-refractivity contribution is -0.138. The molecule has 124 valence electrons. The van der Waals surface area contributed by atoms with Crippen molar-refractivity contribution in [2.45, 2.75) is 30.8 Å². The van der Waals surface area contributed by atoms with Gasteiger partial charge in [-0.1, -0.05) is 30.3 Å². The molecule has 1 aromatic rings. The van der Waals surface area contributed by atoms with Gasteiger partial charge in [0.05, 0.1) is 6.04 Å². The number of aliphatic hydroxyl groups excluding tert-OH is 1. The maximum atomic E-state index is 11.9. The SMILES string of the molecule is NC(CC1=CC(=NC2CC2c2ccccc2)C(O)=CC1=O)C(=O)O. The summed E-state index contributed by atoms with van der Waals surface area (Å²) in [5.74, 6) is -1.49. The van der Waals surface area contributed by atoms with Gasteiger partial charge >= 0.3 is 5.97 Å². The maximum absolute atomic E-state index is 11.9. The van der Waals surface area contributed by atoms with E-state index in [1.807, 2.05) is 30.3 Å². The zero-order valence-corrected chi connectivity index (χ0v) is 12.9. The van der Waals surface area contributed by atoms with Crippen LogP contribution < -0.4 is 5.73 Å². The number of aliphatic hydroxyl groups is 1. The van der Waals surface area contributed by atoms with E-state index in [-0.39, 0.29) is 23.8 Å². The lowest BCUT2D eigenvalue weighted by Gasteiger charge is -2.13. The largest absolute Gasteiger partial charge is 0.506 e.